The van der Waals surface area contributed by atoms with E-state index in [1.807, 2.05) is 13.0 Å². The van der Waals surface area contributed by atoms with E-state index in [-0.39, 0.29) is 11.6 Å². The molecular weight excluding hydrogens is 231 g/mol. The van der Waals surface area contributed by atoms with Crippen LogP contribution in [0.3, 0.4) is 0 Å². The molecule has 2 aromatic rings. The lowest BCUT2D eigenvalue weighted by molar-refractivity contribution is 0.329. The number of aryl methyl sites for hydroxylation is 1. The van der Waals surface area contributed by atoms with Crippen molar-refractivity contribution in [2.45, 2.75) is 19.5 Å². The normalized spacial score (nSPS) is 10.7. The van der Waals surface area contributed by atoms with Crippen LogP contribution in [0.4, 0.5) is 4.39 Å². The van der Waals surface area contributed by atoms with Crippen molar-refractivity contribution in [2.24, 2.45) is 0 Å². The minimum Gasteiger partial charge on any atom is -0.358 e. The fourth-order valence-corrected chi connectivity index (χ4v) is 1.77. The van der Waals surface area contributed by atoms with Gasteiger partial charge >= 0.3 is 0 Å². The highest BCUT2D eigenvalue weighted by Gasteiger charge is 2.16. The molecule has 84 valence electrons. The van der Waals surface area contributed by atoms with E-state index in [1.54, 1.807) is 12.4 Å². The monoisotopic (exact) mass is 240 g/mol. The first-order valence-corrected chi connectivity index (χ1v) is 5.31. The third-order valence-corrected chi connectivity index (χ3v) is 2.54. The molecule has 0 aliphatic rings. The Morgan fingerprint density at radius 2 is 2.25 bits per heavy atom. The second-order valence-corrected chi connectivity index (χ2v) is 3.72. The van der Waals surface area contributed by atoms with Gasteiger partial charge in [-0.15, -0.1) is 11.6 Å². The third-order valence-electron chi connectivity index (χ3n) is 2.27. The smallest absolute Gasteiger partial charge is 0.172 e. The molecule has 0 spiro atoms. The van der Waals surface area contributed by atoms with Crippen molar-refractivity contribution in [3.05, 3.63) is 35.3 Å². The van der Waals surface area contributed by atoms with Gasteiger partial charge in [0.25, 0.3) is 0 Å². The second kappa shape index (κ2) is 4.61. The van der Waals surface area contributed by atoms with E-state index in [1.165, 1.54) is 0 Å². The van der Waals surface area contributed by atoms with Crippen molar-refractivity contribution in [1.82, 2.24) is 10.1 Å². The maximum atomic E-state index is 12.6. The van der Waals surface area contributed by atoms with Crippen LogP contribution < -0.4 is 0 Å². The summed E-state index contributed by atoms with van der Waals surface area (Å²) >= 11 is 5.76. The minimum absolute atomic E-state index is 0.173. The summed E-state index contributed by atoms with van der Waals surface area (Å²) in [5.41, 5.74) is 2.96. The summed E-state index contributed by atoms with van der Waals surface area (Å²) in [6.45, 7) is 1.22. The maximum Gasteiger partial charge on any atom is 0.172 e. The van der Waals surface area contributed by atoms with Gasteiger partial charge < -0.3 is 4.52 Å². The first-order chi connectivity index (χ1) is 7.76. The highest BCUT2D eigenvalue weighted by atomic mass is 35.5. The lowest BCUT2D eigenvalue weighted by Gasteiger charge is -1.99. The van der Waals surface area contributed by atoms with E-state index in [2.05, 4.69) is 10.1 Å². The summed E-state index contributed by atoms with van der Waals surface area (Å²) in [4.78, 5) is 4.05. The van der Waals surface area contributed by atoms with Gasteiger partial charge in [-0.25, -0.2) is 4.39 Å². The summed E-state index contributed by atoms with van der Waals surface area (Å²) in [6.07, 6.45) is 3.39. The Kier molecular flexibility index (Phi) is 3.19. The largest absolute Gasteiger partial charge is 0.358 e. The molecule has 0 atom stereocenters. The number of alkyl halides is 2. The zero-order valence-electron chi connectivity index (χ0n) is 8.70. The van der Waals surface area contributed by atoms with Gasteiger partial charge in [-0.3, -0.25) is 4.98 Å². The van der Waals surface area contributed by atoms with E-state index >= 15 is 0 Å². The lowest BCUT2D eigenvalue weighted by atomic mass is 10.1. The van der Waals surface area contributed by atoms with Crippen molar-refractivity contribution in [3.8, 4) is 11.3 Å². The summed E-state index contributed by atoms with van der Waals surface area (Å²) in [5.74, 6) is 0.359. The summed E-state index contributed by atoms with van der Waals surface area (Å²) in [7, 11) is 0. The zero-order chi connectivity index (χ0) is 11.5. The van der Waals surface area contributed by atoms with Crippen molar-refractivity contribution >= 4 is 11.6 Å². The van der Waals surface area contributed by atoms with Crippen molar-refractivity contribution in [1.29, 1.82) is 0 Å². The molecule has 2 aromatic heterocycles. The fourth-order valence-electron chi connectivity index (χ4n) is 1.50. The Labute approximate surface area is 97.2 Å². The van der Waals surface area contributed by atoms with Crippen LogP contribution in [-0.2, 0) is 12.6 Å². The summed E-state index contributed by atoms with van der Waals surface area (Å²) < 4.78 is 17.5. The van der Waals surface area contributed by atoms with Crippen LogP contribution in [0.15, 0.2) is 23.0 Å². The quantitative estimate of drug-likeness (QED) is 0.773. The van der Waals surface area contributed by atoms with Gasteiger partial charge in [0.1, 0.15) is 5.69 Å². The predicted octanol–water partition coefficient (Wildman–Crippen LogP) is 3.25. The average molecular weight is 241 g/mol. The predicted molar refractivity (Wildman–Crippen MR) is 58.8 cm³/mol. The molecule has 5 heteroatoms. The van der Waals surface area contributed by atoms with E-state index in [0.717, 1.165) is 11.1 Å². The third kappa shape index (κ3) is 1.93. The molecule has 3 nitrogen and oxygen atoms in total. The van der Waals surface area contributed by atoms with Crippen molar-refractivity contribution in [3.63, 3.8) is 0 Å². The number of hydrogen-bond donors (Lipinski definition) is 0. The Morgan fingerprint density at radius 1 is 1.44 bits per heavy atom. The molecule has 0 aliphatic heterocycles. The second-order valence-electron chi connectivity index (χ2n) is 3.45. The van der Waals surface area contributed by atoms with E-state index in [4.69, 9.17) is 16.1 Å². The lowest BCUT2D eigenvalue weighted by Crippen LogP contribution is -1.88. The number of rotatable bonds is 3. The SMILES string of the molecule is Cc1cncc(-c2noc(CF)c2CCl)c1. The molecule has 0 aromatic carbocycles. The van der Waals surface area contributed by atoms with E-state index < -0.39 is 6.67 Å². The molecule has 0 saturated carbocycles. The zero-order valence-corrected chi connectivity index (χ0v) is 9.46. The first kappa shape index (κ1) is 11.1. The maximum absolute atomic E-state index is 12.6. The summed E-state index contributed by atoms with van der Waals surface area (Å²) in [6, 6.07) is 1.91. The molecule has 0 unspecified atom stereocenters. The number of aromatic nitrogens is 2. The van der Waals surface area contributed by atoms with Crippen LogP contribution in [0.5, 0.6) is 0 Å². The topological polar surface area (TPSA) is 38.9 Å². The number of halogens is 2. The van der Waals surface area contributed by atoms with Crippen LogP contribution >= 0.6 is 11.6 Å². The van der Waals surface area contributed by atoms with Gasteiger partial charge in [-0.1, -0.05) is 5.16 Å². The van der Waals surface area contributed by atoms with E-state index in [0.29, 0.717) is 11.3 Å². The average Bonchev–Trinajstić information content (AvgIpc) is 2.71. The number of hydrogen-bond acceptors (Lipinski definition) is 3. The highest BCUT2D eigenvalue weighted by molar-refractivity contribution is 6.17. The molecular formula is C11H10ClFN2O. The Balaban J connectivity index is 2.51. The van der Waals surface area contributed by atoms with Gasteiger partial charge in [0.05, 0.1) is 5.88 Å². The standard InChI is InChI=1S/C11H10ClFN2O/c1-7-2-8(6-14-5-7)11-9(3-12)10(4-13)16-15-11/h2,5-6H,3-4H2,1H3. The van der Waals surface area contributed by atoms with Gasteiger partial charge in [-0.05, 0) is 18.6 Å². The molecule has 0 N–H and O–H groups in total. The Morgan fingerprint density at radius 3 is 2.88 bits per heavy atom. The number of nitrogens with zero attached hydrogens (tertiary/aromatic N) is 2. The molecule has 0 radical (unpaired) electrons. The van der Waals surface area contributed by atoms with Gasteiger partial charge in [0.15, 0.2) is 12.4 Å². The molecule has 0 bridgehead atoms. The molecule has 2 heterocycles. The van der Waals surface area contributed by atoms with Crippen molar-refractivity contribution in [2.75, 3.05) is 0 Å². The molecule has 16 heavy (non-hydrogen) atoms. The molecule has 0 amide bonds. The Bertz CT molecular complexity index is 498. The van der Waals surface area contributed by atoms with Crippen molar-refractivity contribution < 1.29 is 8.91 Å². The first-order valence-electron chi connectivity index (χ1n) is 4.77. The van der Waals surface area contributed by atoms with Gasteiger partial charge in [-0.2, -0.15) is 0 Å². The van der Waals surface area contributed by atoms with Crippen LogP contribution in [-0.4, -0.2) is 10.1 Å². The molecule has 2 rings (SSSR count). The van der Waals surface area contributed by atoms with Crippen LogP contribution in [0, 0.1) is 6.92 Å². The van der Waals surface area contributed by atoms with E-state index in [9.17, 15) is 4.39 Å². The molecule has 0 saturated heterocycles. The minimum atomic E-state index is -0.700. The molecule has 0 fully saturated rings. The fraction of sp³-hybridized carbons (Fsp3) is 0.273. The van der Waals surface area contributed by atoms with Crippen LogP contribution in [0.25, 0.3) is 11.3 Å². The van der Waals surface area contributed by atoms with Gasteiger partial charge in [0, 0.05) is 23.5 Å². The van der Waals surface area contributed by atoms with Crippen LogP contribution in [0.1, 0.15) is 16.9 Å². The summed E-state index contributed by atoms with van der Waals surface area (Å²) in [5, 5.41) is 3.83. The van der Waals surface area contributed by atoms with Crippen LogP contribution in [0.2, 0.25) is 0 Å². The highest BCUT2D eigenvalue weighted by Crippen LogP contribution is 2.27. The van der Waals surface area contributed by atoms with Gasteiger partial charge in [0.2, 0.25) is 0 Å². The number of pyridine rings is 1. The Hall–Kier alpha value is -1.42. The molecule has 0 aliphatic carbocycles.